The van der Waals surface area contributed by atoms with Gasteiger partial charge in [0.2, 0.25) is 0 Å². The zero-order valence-corrected chi connectivity index (χ0v) is 10.0. The lowest BCUT2D eigenvalue weighted by Crippen LogP contribution is -2.18. The number of ketones is 1. The second-order valence-electron chi connectivity index (χ2n) is 3.39. The summed E-state index contributed by atoms with van der Waals surface area (Å²) < 4.78 is 0. The first-order chi connectivity index (χ1) is 7.41. The fraction of sp³-hybridized carbons (Fsp3) is 0.273. The average Bonchev–Trinajstić information content (AvgIpc) is 2.20. The van der Waals surface area contributed by atoms with Crippen LogP contribution in [0.15, 0.2) is 18.2 Å². The van der Waals surface area contributed by atoms with Crippen LogP contribution in [0.1, 0.15) is 22.3 Å². The van der Waals surface area contributed by atoms with Crippen molar-refractivity contribution in [3.05, 3.63) is 34.3 Å². The van der Waals surface area contributed by atoms with Gasteiger partial charge in [-0.3, -0.25) is 9.59 Å². The van der Waals surface area contributed by atoms with Gasteiger partial charge in [-0.2, -0.15) is 0 Å². The highest BCUT2D eigenvalue weighted by molar-refractivity contribution is 6.35. The van der Waals surface area contributed by atoms with E-state index in [2.05, 4.69) is 0 Å². The minimum absolute atomic E-state index is 0.330. The summed E-state index contributed by atoms with van der Waals surface area (Å²) in [4.78, 5) is 22.1. The Morgan fingerprint density at radius 3 is 2.56 bits per heavy atom. The van der Waals surface area contributed by atoms with Crippen LogP contribution in [-0.4, -0.2) is 22.2 Å². The molecule has 0 saturated heterocycles. The third-order valence-corrected chi connectivity index (χ3v) is 2.85. The standard InChI is InChI=1S/C11H10Cl2O3/c1-6-2-3-7(4-8(6)12)11(16)9(13)5-10(14)15/h2-4,9H,5H2,1H3,(H,14,15). The summed E-state index contributed by atoms with van der Waals surface area (Å²) in [5.41, 5.74) is 1.18. The molecule has 0 amide bonds. The molecule has 16 heavy (non-hydrogen) atoms. The Bertz CT molecular complexity index is 429. The molecule has 3 nitrogen and oxygen atoms in total. The Labute approximate surface area is 103 Å². The van der Waals surface area contributed by atoms with E-state index in [0.29, 0.717) is 10.6 Å². The number of rotatable bonds is 4. The molecule has 0 saturated carbocycles. The number of halogens is 2. The lowest BCUT2D eigenvalue weighted by Gasteiger charge is -2.07. The SMILES string of the molecule is Cc1ccc(C(=O)C(Cl)CC(=O)O)cc1Cl. The highest BCUT2D eigenvalue weighted by Crippen LogP contribution is 2.19. The van der Waals surface area contributed by atoms with Gasteiger partial charge in [-0.1, -0.05) is 23.7 Å². The molecular formula is C11H10Cl2O3. The Balaban J connectivity index is 2.88. The fourth-order valence-electron chi connectivity index (χ4n) is 1.17. The van der Waals surface area contributed by atoms with E-state index in [4.69, 9.17) is 28.3 Å². The number of Topliss-reactive ketones (excluding diaryl/α,β-unsaturated/α-hetero) is 1. The Morgan fingerprint density at radius 1 is 1.44 bits per heavy atom. The molecule has 0 radical (unpaired) electrons. The monoisotopic (exact) mass is 260 g/mol. The molecule has 0 aromatic heterocycles. The molecular weight excluding hydrogens is 251 g/mol. The van der Waals surface area contributed by atoms with Crippen LogP contribution in [0.2, 0.25) is 5.02 Å². The number of hydrogen-bond donors (Lipinski definition) is 1. The van der Waals surface area contributed by atoms with Crippen molar-refractivity contribution in [3.8, 4) is 0 Å². The van der Waals surface area contributed by atoms with E-state index >= 15 is 0 Å². The van der Waals surface area contributed by atoms with Gasteiger partial charge in [0, 0.05) is 10.6 Å². The molecule has 0 spiro atoms. The number of carboxylic acids is 1. The van der Waals surface area contributed by atoms with Crippen molar-refractivity contribution in [1.29, 1.82) is 0 Å². The largest absolute Gasteiger partial charge is 0.481 e. The van der Waals surface area contributed by atoms with E-state index in [0.717, 1.165) is 5.56 Å². The fourth-order valence-corrected chi connectivity index (χ4v) is 1.61. The molecule has 86 valence electrons. The molecule has 1 rings (SSSR count). The second-order valence-corrected chi connectivity index (χ2v) is 4.33. The molecule has 0 bridgehead atoms. The summed E-state index contributed by atoms with van der Waals surface area (Å²) in [7, 11) is 0. The molecule has 1 aromatic carbocycles. The molecule has 5 heteroatoms. The van der Waals surface area contributed by atoms with Gasteiger partial charge in [0.1, 0.15) is 5.38 Å². The molecule has 0 aliphatic rings. The Hall–Kier alpha value is -1.06. The van der Waals surface area contributed by atoms with E-state index in [1.807, 2.05) is 6.92 Å². The molecule has 1 N–H and O–H groups in total. The van der Waals surface area contributed by atoms with Crippen molar-refractivity contribution < 1.29 is 14.7 Å². The third-order valence-electron chi connectivity index (χ3n) is 2.09. The predicted octanol–water partition coefficient (Wildman–Crippen LogP) is 2.91. The second kappa shape index (κ2) is 5.32. The summed E-state index contributed by atoms with van der Waals surface area (Å²) in [6.07, 6.45) is -0.397. The van der Waals surface area contributed by atoms with Crippen LogP contribution in [0.25, 0.3) is 0 Å². The molecule has 0 heterocycles. The summed E-state index contributed by atoms with van der Waals surface area (Å²) in [6.45, 7) is 1.81. The van der Waals surface area contributed by atoms with Crippen molar-refractivity contribution in [2.45, 2.75) is 18.7 Å². The van der Waals surface area contributed by atoms with Crippen molar-refractivity contribution >= 4 is 35.0 Å². The number of carbonyl (C=O) groups excluding carboxylic acids is 1. The predicted molar refractivity (Wildman–Crippen MR) is 62.4 cm³/mol. The summed E-state index contributed by atoms with van der Waals surface area (Å²) in [6, 6.07) is 4.77. The minimum Gasteiger partial charge on any atom is -0.481 e. The zero-order chi connectivity index (χ0) is 12.3. The van der Waals surface area contributed by atoms with Crippen molar-refractivity contribution in [2.75, 3.05) is 0 Å². The van der Waals surface area contributed by atoms with Gasteiger partial charge >= 0.3 is 5.97 Å². The van der Waals surface area contributed by atoms with Gasteiger partial charge in [0.25, 0.3) is 0 Å². The van der Waals surface area contributed by atoms with Crippen LogP contribution in [-0.2, 0) is 4.79 Å². The summed E-state index contributed by atoms with van der Waals surface area (Å²) in [5, 5.41) is 7.92. The minimum atomic E-state index is -1.11. The van der Waals surface area contributed by atoms with E-state index in [1.54, 1.807) is 12.1 Å². The van der Waals surface area contributed by atoms with E-state index in [9.17, 15) is 9.59 Å². The Kier molecular flexibility index (Phi) is 4.33. The van der Waals surface area contributed by atoms with Gasteiger partial charge in [-0.25, -0.2) is 0 Å². The third kappa shape index (κ3) is 3.22. The normalized spacial score (nSPS) is 12.2. The lowest BCUT2D eigenvalue weighted by molar-refractivity contribution is -0.136. The van der Waals surface area contributed by atoms with Crippen LogP contribution < -0.4 is 0 Å². The van der Waals surface area contributed by atoms with Crippen LogP contribution in [0.4, 0.5) is 0 Å². The quantitative estimate of drug-likeness (QED) is 0.669. The first-order valence-corrected chi connectivity index (χ1v) is 5.39. The Morgan fingerprint density at radius 2 is 2.06 bits per heavy atom. The lowest BCUT2D eigenvalue weighted by atomic mass is 10.0. The number of hydrogen-bond acceptors (Lipinski definition) is 2. The summed E-state index contributed by atoms with van der Waals surface area (Å²) in [5.74, 6) is -1.53. The smallest absolute Gasteiger partial charge is 0.305 e. The highest BCUT2D eigenvalue weighted by Gasteiger charge is 2.20. The maximum Gasteiger partial charge on any atom is 0.305 e. The van der Waals surface area contributed by atoms with Crippen molar-refractivity contribution in [1.82, 2.24) is 0 Å². The van der Waals surface area contributed by atoms with Crippen LogP contribution in [0, 0.1) is 6.92 Å². The number of carbonyl (C=O) groups is 2. The number of alkyl halides is 1. The van der Waals surface area contributed by atoms with Gasteiger partial charge in [0.15, 0.2) is 5.78 Å². The van der Waals surface area contributed by atoms with Gasteiger partial charge in [0.05, 0.1) is 6.42 Å². The first-order valence-electron chi connectivity index (χ1n) is 4.58. The van der Waals surface area contributed by atoms with Gasteiger partial charge < -0.3 is 5.11 Å². The molecule has 1 unspecified atom stereocenters. The van der Waals surface area contributed by atoms with Crippen molar-refractivity contribution in [2.24, 2.45) is 0 Å². The maximum atomic E-state index is 11.7. The van der Waals surface area contributed by atoms with Gasteiger partial charge in [-0.05, 0) is 18.6 Å². The van der Waals surface area contributed by atoms with Crippen LogP contribution >= 0.6 is 23.2 Å². The average molecular weight is 261 g/mol. The number of aryl methyl sites for hydroxylation is 1. The van der Waals surface area contributed by atoms with E-state index in [-0.39, 0.29) is 0 Å². The molecule has 1 aromatic rings. The highest BCUT2D eigenvalue weighted by atomic mass is 35.5. The van der Waals surface area contributed by atoms with Gasteiger partial charge in [-0.15, -0.1) is 11.6 Å². The maximum absolute atomic E-state index is 11.7. The van der Waals surface area contributed by atoms with E-state index < -0.39 is 23.6 Å². The zero-order valence-electron chi connectivity index (χ0n) is 8.54. The van der Waals surface area contributed by atoms with Crippen LogP contribution in [0.3, 0.4) is 0 Å². The first kappa shape index (κ1) is 13.0. The topological polar surface area (TPSA) is 54.4 Å². The molecule has 0 aliphatic heterocycles. The van der Waals surface area contributed by atoms with Crippen molar-refractivity contribution in [3.63, 3.8) is 0 Å². The van der Waals surface area contributed by atoms with E-state index in [1.165, 1.54) is 6.07 Å². The summed E-state index contributed by atoms with van der Waals surface area (Å²) >= 11 is 11.5. The number of benzene rings is 1. The molecule has 0 aliphatic carbocycles. The number of aliphatic carboxylic acids is 1. The number of carboxylic acid groups (broad SMARTS) is 1. The molecule has 1 atom stereocenters. The molecule has 0 fully saturated rings. The van der Waals surface area contributed by atoms with Crippen LogP contribution in [0.5, 0.6) is 0 Å².